The summed E-state index contributed by atoms with van der Waals surface area (Å²) in [6.45, 7) is 0.535. The zero-order valence-corrected chi connectivity index (χ0v) is 14.0. The molecule has 2 aromatic carbocycles. The van der Waals surface area contributed by atoms with Gasteiger partial charge in [0.1, 0.15) is 11.0 Å². The van der Waals surface area contributed by atoms with Crippen LogP contribution in [0.15, 0.2) is 36.4 Å². The third-order valence-electron chi connectivity index (χ3n) is 4.34. The fourth-order valence-electron chi connectivity index (χ4n) is 2.94. The van der Waals surface area contributed by atoms with Crippen molar-refractivity contribution in [2.45, 2.75) is 25.3 Å². The van der Waals surface area contributed by atoms with Gasteiger partial charge in [-0.05, 0) is 42.0 Å². The van der Waals surface area contributed by atoms with Crippen molar-refractivity contribution in [3.8, 4) is 0 Å². The molecule has 122 valence electrons. The zero-order chi connectivity index (χ0) is 16.7. The van der Waals surface area contributed by atoms with Gasteiger partial charge in [-0.15, -0.1) is 5.10 Å². The molecular weight excluding hydrogens is 326 g/mol. The van der Waals surface area contributed by atoms with Gasteiger partial charge >= 0.3 is 5.97 Å². The summed E-state index contributed by atoms with van der Waals surface area (Å²) in [5, 5.41) is 8.74. The average molecular weight is 342 g/mol. The van der Waals surface area contributed by atoms with E-state index in [0.717, 1.165) is 11.5 Å². The summed E-state index contributed by atoms with van der Waals surface area (Å²) < 4.78 is 6.57. The van der Waals surface area contributed by atoms with Crippen LogP contribution in [-0.4, -0.2) is 28.1 Å². The number of rotatable bonds is 4. The van der Waals surface area contributed by atoms with Gasteiger partial charge in [-0.3, -0.25) is 0 Å². The zero-order valence-electron chi connectivity index (χ0n) is 13.2. The highest BCUT2D eigenvalue weighted by molar-refractivity contribution is 6.31. The molecule has 1 fully saturated rings. The Morgan fingerprint density at radius 3 is 2.71 bits per heavy atom. The molecule has 0 radical (unpaired) electrons. The Bertz CT molecular complexity index is 914. The Morgan fingerprint density at radius 1 is 1.29 bits per heavy atom. The van der Waals surface area contributed by atoms with Crippen molar-refractivity contribution in [1.29, 1.82) is 0 Å². The summed E-state index contributed by atoms with van der Waals surface area (Å²) in [4.78, 5) is 12.1. The monoisotopic (exact) mass is 341 g/mol. The van der Waals surface area contributed by atoms with Gasteiger partial charge in [0.2, 0.25) is 0 Å². The third-order valence-corrected chi connectivity index (χ3v) is 4.56. The summed E-state index contributed by atoms with van der Waals surface area (Å²) in [6.07, 6.45) is 2.58. The summed E-state index contributed by atoms with van der Waals surface area (Å²) in [5.41, 5.74) is 4.09. The smallest absolute Gasteiger partial charge is 0.340 e. The van der Waals surface area contributed by atoms with Gasteiger partial charge in [0, 0.05) is 5.02 Å². The van der Waals surface area contributed by atoms with E-state index in [1.54, 1.807) is 16.8 Å². The molecule has 24 heavy (non-hydrogen) atoms. The van der Waals surface area contributed by atoms with E-state index >= 15 is 0 Å². The largest absolute Gasteiger partial charge is 0.465 e. The Labute approximate surface area is 144 Å². The number of nitrogens with zero attached hydrogens (tertiary/aromatic N) is 3. The lowest BCUT2D eigenvalue weighted by molar-refractivity contribution is 0.0602. The molecule has 1 heterocycles. The van der Waals surface area contributed by atoms with Gasteiger partial charge in [0.25, 0.3) is 0 Å². The van der Waals surface area contributed by atoms with E-state index in [4.69, 9.17) is 16.3 Å². The number of ether oxygens (including phenoxy) is 1. The maximum Gasteiger partial charge on any atom is 0.340 e. The molecule has 4 rings (SSSR count). The normalized spacial score (nSPS) is 14.1. The molecule has 1 saturated carbocycles. The first-order chi connectivity index (χ1) is 11.7. The number of esters is 1. The molecule has 1 aliphatic carbocycles. The molecule has 6 heteroatoms. The van der Waals surface area contributed by atoms with E-state index in [2.05, 4.69) is 34.6 Å². The van der Waals surface area contributed by atoms with E-state index < -0.39 is 5.97 Å². The predicted molar refractivity (Wildman–Crippen MR) is 91.4 cm³/mol. The third kappa shape index (κ3) is 2.76. The average Bonchev–Trinajstić information content (AvgIpc) is 3.37. The van der Waals surface area contributed by atoms with Gasteiger partial charge in [0.05, 0.1) is 19.2 Å². The number of benzene rings is 2. The number of carbonyl (C=O) groups is 1. The number of hydrogen-bond donors (Lipinski definition) is 0. The fourth-order valence-corrected chi connectivity index (χ4v) is 3.15. The van der Waals surface area contributed by atoms with E-state index in [0.29, 0.717) is 28.2 Å². The molecule has 0 bridgehead atoms. The molecule has 3 aromatic rings. The van der Waals surface area contributed by atoms with Crippen molar-refractivity contribution in [2.75, 3.05) is 7.11 Å². The van der Waals surface area contributed by atoms with Crippen molar-refractivity contribution in [3.05, 3.63) is 58.1 Å². The van der Waals surface area contributed by atoms with E-state index in [-0.39, 0.29) is 0 Å². The number of aromatic nitrogens is 3. The summed E-state index contributed by atoms with van der Waals surface area (Å²) in [6, 6.07) is 11.8. The molecule has 1 aromatic heterocycles. The van der Waals surface area contributed by atoms with Gasteiger partial charge in [0.15, 0.2) is 0 Å². The predicted octanol–water partition coefficient (Wildman–Crippen LogP) is 3.80. The van der Waals surface area contributed by atoms with Gasteiger partial charge in [-0.1, -0.05) is 41.1 Å². The lowest BCUT2D eigenvalue weighted by Crippen LogP contribution is -2.08. The van der Waals surface area contributed by atoms with E-state index in [1.807, 2.05) is 0 Å². The molecular formula is C18H16ClN3O2. The van der Waals surface area contributed by atoms with Crippen LogP contribution in [0.5, 0.6) is 0 Å². The summed E-state index contributed by atoms with van der Waals surface area (Å²) in [5.74, 6) is 0.287. The SMILES string of the molecule is COC(=O)c1cc(Cl)cc2nnn(Cc3ccc(C4CC4)cc3)c12. The Kier molecular flexibility index (Phi) is 3.73. The number of fused-ring (bicyclic) bond motifs is 1. The Hall–Kier alpha value is -2.40. The second-order valence-corrected chi connectivity index (χ2v) is 6.51. The van der Waals surface area contributed by atoms with Crippen molar-refractivity contribution >= 4 is 28.6 Å². The van der Waals surface area contributed by atoms with Crippen molar-refractivity contribution in [1.82, 2.24) is 15.0 Å². The van der Waals surface area contributed by atoms with Crippen LogP contribution < -0.4 is 0 Å². The molecule has 0 unspecified atom stereocenters. The number of hydrogen-bond acceptors (Lipinski definition) is 4. The minimum Gasteiger partial charge on any atom is -0.465 e. The van der Waals surface area contributed by atoms with E-state index in [9.17, 15) is 4.79 Å². The van der Waals surface area contributed by atoms with Gasteiger partial charge in [-0.25, -0.2) is 9.48 Å². The molecule has 0 spiro atoms. The van der Waals surface area contributed by atoms with Crippen LogP contribution in [0.25, 0.3) is 11.0 Å². The first-order valence-electron chi connectivity index (χ1n) is 7.85. The second-order valence-electron chi connectivity index (χ2n) is 6.08. The second kappa shape index (κ2) is 5.91. The molecule has 1 aliphatic rings. The topological polar surface area (TPSA) is 57.0 Å². The van der Waals surface area contributed by atoms with E-state index in [1.165, 1.54) is 25.5 Å². The molecule has 5 nitrogen and oxygen atoms in total. The summed E-state index contributed by atoms with van der Waals surface area (Å²) >= 11 is 6.06. The minimum atomic E-state index is -0.449. The van der Waals surface area contributed by atoms with Crippen LogP contribution in [0.1, 0.15) is 40.2 Å². The molecule has 0 saturated heterocycles. The lowest BCUT2D eigenvalue weighted by atomic mass is 10.1. The van der Waals surface area contributed by atoms with Crippen molar-refractivity contribution in [3.63, 3.8) is 0 Å². The number of methoxy groups -OCH3 is 1. The minimum absolute atomic E-state index is 0.375. The Morgan fingerprint density at radius 2 is 2.04 bits per heavy atom. The number of halogens is 1. The van der Waals surface area contributed by atoms with Crippen LogP contribution >= 0.6 is 11.6 Å². The summed E-state index contributed by atoms with van der Waals surface area (Å²) in [7, 11) is 1.35. The molecule has 0 N–H and O–H groups in total. The maximum atomic E-state index is 12.1. The van der Waals surface area contributed by atoms with Crippen LogP contribution in [0, 0.1) is 0 Å². The van der Waals surface area contributed by atoms with Crippen molar-refractivity contribution < 1.29 is 9.53 Å². The molecule has 0 atom stereocenters. The quantitative estimate of drug-likeness (QED) is 0.677. The Balaban J connectivity index is 1.72. The van der Waals surface area contributed by atoms with Gasteiger partial charge < -0.3 is 4.74 Å². The van der Waals surface area contributed by atoms with Gasteiger partial charge in [-0.2, -0.15) is 0 Å². The standard InChI is InChI=1S/C18H16ClN3O2/c1-24-18(23)15-8-14(19)9-16-17(15)22(21-20-16)10-11-2-4-12(5-3-11)13-6-7-13/h2-5,8-9,13H,6-7,10H2,1H3. The molecule has 0 aliphatic heterocycles. The highest BCUT2D eigenvalue weighted by Crippen LogP contribution is 2.39. The van der Waals surface area contributed by atoms with Crippen LogP contribution in [0.3, 0.4) is 0 Å². The fraction of sp³-hybridized carbons (Fsp3) is 0.278. The first kappa shape index (κ1) is 15.1. The highest BCUT2D eigenvalue weighted by atomic mass is 35.5. The van der Waals surface area contributed by atoms with Crippen molar-refractivity contribution in [2.24, 2.45) is 0 Å². The van der Waals surface area contributed by atoms with Crippen LogP contribution in [0.4, 0.5) is 0 Å². The first-order valence-corrected chi connectivity index (χ1v) is 8.23. The van der Waals surface area contributed by atoms with Crippen LogP contribution in [0.2, 0.25) is 5.02 Å². The lowest BCUT2D eigenvalue weighted by Gasteiger charge is -2.07. The highest BCUT2D eigenvalue weighted by Gasteiger charge is 2.23. The van der Waals surface area contributed by atoms with Crippen LogP contribution in [-0.2, 0) is 11.3 Å². The molecule has 0 amide bonds. The maximum absolute atomic E-state index is 12.1. The number of carbonyl (C=O) groups excluding carboxylic acids is 1.